The fourth-order valence-electron chi connectivity index (χ4n) is 3.50. The molecule has 0 saturated carbocycles. The molecule has 1 unspecified atom stereocenters. The minimum atomic E-state index is -0.0222. The molecule has 0 aliphatic heterocycles. The quantitative estimate of drug-likeness (QED) is 0.814. The molecule has 6 nitrogen and oxygen atoms in total. The van der Waals surface area contributed by atoms with Crippen molar-refractivity contribution in [3.63, 3.8) is 0 Å². The number of ether oxygens (including phenoxy) is 1. The van der Waals surface area contributed by atoms with Crippen molar-refractivity contribution in [2.24, 2.45) is 5.92 Å². The largest absolute Gasteiger partial charge is 0.497 e. The lowest BCUT2D eigenvalue weighted by Crippen LogP contribution is -2.34. The maximum Gasteiger partial charge on any atom is 0.225 e. The third-order valence-corrected chi connectivity index (χ3v) is 5.16. The van der Waals surface area contributed by atoms with Gasteiger partial charge < -0.3 is 15.0 Å². The van der Waals surface area contributed by atoms with Crippen LogP contribution in [0.5, 0.6) is 5.75 Å². The molecule has 0 bridgehead atoms. The molecule has 1 aromatic carbocycles. The molecule has 0 radical (unpaired) electrons. The van der Waals surface area contributed by atoms with Crippen molar-refractivity contribution in [3.8, 4) is 5.75 Å². The van der Waals surface area contributed by atoms with Gasteiger partial charge in [-0.2, -0.15) is 0 Å². The topological polar surface area (TPSA) is 67.4 Å². The van der Waals surface area contributed by atoms with Crippen LogP contribution in [0.2, 0.25) is 0 Å². The summed E-state index contributed by atoms with van der Waals surface area (Å²) in [5.41, 5.74) is 3.22. The zero-order valence-corrected chi connectivity index (χ0v) is 16.4. The first-order chi connectivity index (χ1) is 13.1. The van der Waals surface area contributed by atoms with E-state index in [-0.39, 0.29) is 11.8 Å². The van der Waals surface area contributed by atoms with Gasteiger partial charge >= 0.3 is 0 Å². The van der Waals surface area contributed by atoms with Crippen LogP contribution >= 0.6 is 0 Å². The highest BCUT2D eigenvalue weighted by Crippen LogP contribution is 2.25. The maximum absolute atomic E-state index is 12.6. The second-order valence-electron chi connectivity index (χ2n) is 6.82. The lowest BCUT2D eigenvalue weighted by molar-refractivity contribution is -0.125. The van der Waals surface area contributed by atoms with Crippen LogP contribution in [-0.2, 0) is 24.2 Å². The Hall–Kier alpha value is -2.63. The van der Waals surface area contributed by atoms with Crippen molar-refractivity contribution in [1.29, 1.82) is 0 Å². The summed E-state index contributed by atoms with van der Waals surface area (Å²) in [4.78, 5) is 24.0. The molecular weight excluding hydrogens is 340 g/mol. The summed E-state index contributed by atoms with van der Waals surface area (Å²) in [6.07, 6.45) is 4.25. The second-order valence-corrected chi connectivity index (χ2v) is 6.82. The summed E-state index contributed by atoms with van der Waals surface area (Å²) in [6.45, 7) is 6.51. The van der Waals surface area contributed by atoms with Crippen molar-refractivity contribution in [1.82, 2.24) is 15.3 Å². The molecule has 6 heteroatoms. The molecule has 3 rings (SSSR count). The predicted octanol–water partition coefficient (Wildman–Crippen LogP) is 2.75. The Morgan fingerprint density at radius 1 is 1.33 bits per heavy atom. The van der Waals surface area contributed by atoms with Gasteiger partial charge in [0, 0.05) is 37.4 Å². The first-order valence-corrected chi connectivity index (χ1v) is 9.65. The van der Waals surface area contributed by atoms with Gasteiger partial charge in [-0.1, -0.05) is 12.1 Å². The number of carbonyl (C=O) groups is 1. The highest BCUT2D eigenvalue weighted by molar-refractivity contribution is 5.79. The number of aryl methyl sites for hydroxylation is 1. The monoisotopic (exact) mass is 368 g/mol. The minimum Gasteiger partial charge on any atom is -0.497 e. The van der Waals surface area contributed by atoms with Crippen molar-refractivity contribution >= 4 is 11.9 Å². The fourth-order valence-corrected chi connectivity index (χ4v) is 3.50. The number of amides is 1. The highest BCUT2D eigenvalue weighted by atomic mass is 16.5. The summed E-state index contributed by atoms with van der Waals surface area (Å²) in [5.74, 6) is 1.66. The molecule has 1 aliphatic carbocycles. The second kappa shape index (κ2) is 8.84. The number of nitrogens with zero attached hydrogens (tertiary/aromatic N) is 3. The van der Waals surface area contributed by atoms with Crippen LogP contribution in [-0.4, -0.2) is 36.1 Å². The van der Waals surface area contributed by atoms with E-state index in [9.17, 15) is 4.79 Å². The predicted molar refractivity (Wildman–Crippen MR) is 106 cm³/mol. The van der Waals surface area contributed by atoms with Crippen LogP contribution < -0.4 is 15.0 Å². The molecule has 1 N–H and O–H groups in total. The summed E-state index contributed by atoms with van der Waals surface area (Å²) in [6, 6.07) is 7.76. The number of anilines is 1. The van der Waals surface area contributed by atoms with Crippen LogP contribution in [0.3, 0.4) is 0 Å². The standard InChI is InChI=1S/C21H28N4O2/c1-4-25(5-2)21-23-14-17-12-16(9-10-19(17)24-21)20(26)22-13-15-7-6-8-18(11-15)27-3/h6-8,11,14,16H,4-5,9-10,12-13H2,1-3H3,(H,22,26). The van der Waals surface area contributed by atoms with Gasteiger partial charge in [-0.15, -0.1) is 0 Å². The smallest absolute Gasteiger partial charge is 0.225 e. The third-order valence-electron chi connectivity index (χ3n) is 5.16. The number of benzene rings is 1. The lowest BCUT2D eigenvalue weighted by atomic mass is 9.86. The first-order valence-electron chi connectivity index (χ1n) is 9.65. The van der Waals surface area contributed by atoms with Crippen molar-refractivity contribution in [2.45, 2.75) is 39.7 Å². The maximum atomic E-state index is 12.6. The average molecular weight is 368 g/mol. The van der Waals surface area contributed by atoms with Crippen LogP contribution in [0, 0.1) is 5.92 Å². The van der Waals surface area contributed by atoms with Crippen LogP contribution in [0.15, 0.2) is 30.5 Å². The number of methoxy groups -OCH3 is 1. The molecule has 1 aromatic heterocycles. The van der Waals surface area contributed by atoms with E-state index in [1.165, 1.54) is 0 Å². The normalized spacial score (nSPS) is 15.7. The SMILES string of the molecule is CCN(CC)c1ncc2c(n1)CCC(C(=O)NCc1cccc(OC)c1)C2. The van der Waals surface area contributed by atoms with E-state index in [1.54, 1.807) is 7.11 Å². The van der Waals surface area contributed by atoms with Gasteiger partial charge in [-0.05, 0) is 56.4 Å². The molecule has 0 fully saturated rings. The van der Waals surface area contributed by atoms with E-state index in [0.29, 0.717) is 13.0 Å². The summed E-state index contributed by atoms with van der Waals surface area (Å²) < 4.78 is 5.23. The first kappa shape index (κ1) is 19.1. The van der Waals surface area contributed by atoms with Crippen molar-refractivity contribution < 1.29 is 9.53 Å². The Bertz CT molecular complexity index is 790. The van der Waals surface area contributed by atoms with Gasteiger partial charge in [0.1, 0.15) is 5.75 Å². The minimum absolute atomic E-state index is 0.0222. The highest BCUT2D eigenvalue weighted by Gasteiger charge is 2.26. The van der Waals surface area contributed by atoms with E-state index in [4.69, 9.17) is 9.72 Å². The van der Waals surface area contributed by atoms with E-state index in [0.717, 1.165) is 54.4 Å². The zero-order chi connectivity index (χ0) is 19.2. The molecule has 1 aliphatic rings. The fraction of sp³-hybridized carbons (Fsp3) is 0.476. The molecule has 1 amide bonds. The summed E-state index contributed by atoms with van der Waals surface area (Å²) >= 11 is 0. The Morgan fingerprint density at radius 3 is 2.89 bits per heavy atom. The number of hydrogen-bond acceptors (Lipinski definition) is 5. The van der Waals surface area contributed by atoms with E-state index < -0.39 is 0 Å². The zero-order valence-electron chi connectivity index (χ0n) is 16.4. The number of nitrogens with one attached hydrogen (secondary N) is 1. The van der Waals surface area contributed by atoms with Crippen molar-refractivity contribution in [2.75, 3.05) is 25.1 Å². The van der Waals surface area contributed by atoms with Gasteiger partial charge in [0.05, 0.1) is 7.11 Å². The number of carbonyl (C=O) groups excluding carboxylic acids is 1. The molecule has 1 atom stereocenters. The van der Waals surface area contributed by atoms with Gasteiger partial charge in [-0.3, -0.25) is 4.79 Å². The summed E-state index contributed by atoms with van der Waals surface area (Å²) in [5, 5.41) is 3.06. The molecule has 144 valence electrons. The number of hydrogen-bond donors (Lipinski definition) is 1. The number of fused-ring (bicyclic) bond motifs is 1. The van der Waals surface area contributed by atoms with Gasteiger partial charge in [0.2, 0.25) is 11.9 Å². The van der Waals surface area contributed by atoms with Gasteiger partial charge in [-0.25, -0.2) is 9.97 Å². The Kier molecular flexibility index (Phi) is 6.27. The Balaban J connectivity index is 1.60. The van der Waals surface area contributed by atoms with E-state index in [1.807, 2.05) is 30.5 Å². The van der Waals surface area contributed by atoms with Crippen LogP contribution in [0.25, 0.3) is 0 Å². The number of aromatic nitrogens is 2. The van der Waals surface area contributed by atoms with Crippen LogP contribution in [0.4, 0.5) is 5.95 Å². The Labute approximate surface area is 161 Å². The lowest BCUT2D eigenvalue weighted by Gasteiger charge is -2.25. The van der Waals surface area contributed by atoms with E-state index >= 15 is 0 Å². The van der Waals surface area contributed by atoms with Gasteiger partial charge in [0.25, 0.3) is 0 Å². The Morgan fingerprint density at radius 2 is 2.15 bits per heavy atom. The third kappa shape index (κ3) is 4.56. The van der Waals surface area contributed by atoms with Crippen LogP contribution in [0.1, 0.15) is 37.1 Å². The summed E-state index contributed by atoms with van der Waals surface area (Å²) in [7, 11) is 1.64. The molecule has 0 saturated heterocycles. The number of rotatable bonds is 7. The van der Waals surface area contributed by atoms with Crippen molar-refractivity contribution in [3.05, 3.63) is 47.3 Å². The molecular formula is C21H28N4O2. The van der Waals surface area contributed by atoms with E-state index in [2.05, 4.69) is 29.0 Å². The molecule has 1 heterocycles. The molecule has 2 aromatic rings. The van der Waals surface area contributed by atoms with Gasteiger partial charge in [0.15, 0.2) is 0 Å². The molecule has 0 spiro atoms. The average Bonchev–Trinajstić information content (AvgIpc) is 2.72. The molecule has 27 heavy (non-hydrogen) atoms.